The molecule has 172 valence electrons. The molecule has 0 saturated heterocycles. The number of rotatable bonds is 13. The van der Waals surface area contributed by atoms with Crippen molar-refractivity contribution in [1.29, 1.82) is 0 Å². The predicted octanol–water partition coefficient (Wildman–Crippen LogP) is -2.92. The van der Waals surface area contributed by atoms with Crippen molar-refractivity contribution in [3.8, 4) is 0 Å². The first-order chi connectivity index (χ1) is 13.8. The Kier molecular flexibility index (Phi) is 12.0. The van der Waals surface area contributed by atoms with Gasteiger partial charge >= 0.3 is 5.97 Å². The number of aliphatic hydroxyl groups excluding tert-OH is 1. The number of nitrogens with one attached hydrogen (secondary N) is 3. The number of nitrogens with two attached hydrogens (primary N) is 2. The fourth-order valence-electron chi connectivity index (χ4n) is 2.28. The van der Waals surface area contributed by atoms with E-state index >= 15 is 0 Å². The van der Waals surface area contributed by atoms with Crippen molar-refractivity contribution in [2.75, 3.05) is 5.75 Å². The molecule has 5 atom stereocenters. The quantitative estimate of drug-likeness (QED) is 0.136. The van der Waals surface area contributed by atoms with Gasteiger partial charge in [-0.2, -0.15) is 12.6 Å². The first-order valence-electron chi connectivity index (χ1n) is 9.28. The van der Waals surface area contributed by atoms with E-state index in [1.54, 1.807) is 13.8 Å². The molecule has 0 aromatic heterocycles. The monoisotopic (exact) mass is 449 g/mol. The summed E-state index contributed by atoms with van der Waals surface area (Å²) in [5.74, 6) is -4.97. The molecule has 0 aromatic rings. The largest absolute Gasteiger partial charge is 0.480 e. The van der Waals surface area contributed by atoms with Crippen molar-refractivity contribution in [3.63, 3.8) is 0 Å². The van der Waals surface area contributed by atoms with Gasteiger partial charge < -0.3 is 37.6 Å². The van der Waals surface area contributed by atoms with E-state index in [2.05, 4.69) is 28.6 Å². The molecule has 12 nitrogen and oxygen atoms in total. The van der Waals surface area contributed by atoms with Crippen LogP contribution in [0.5, 0.6) is 0 Å². The summed E-state index contributed by atoms with van der Waals surface area (Å²) in [5, 5.41) is 25.6. The zero-order chi connectivity index (χ0) is 23.6. The number of hydrogen-bond acceptors (Lipinski definition) is 8. The van der Waals surface area contributed by atoms with Gasteiger partial charge in [-0.25, -0.2) is 4.79 Å². The lowest BCUT2D eigenvalue weighted by Crippen LogP contribution is -2.59. The minimum absolute atomic E-state index is 0.161. The van der Waals surface area contributed by atoms with Gasteiger partial charge in [0.15, 0.2) is 0 Å². The van der Waals surface area contributed by atoms with Crippen LogP contribution in [-0.4, -0.2) is 75.8 Å². The van der Waals surface area contributed by atoms with Gasteiger partial charge in [0.05, 0.1) is 6.10 Å². The van der Waals surface area contributed by atoms with Crippen molar-refractivity contribution in [3.05, 3.63) is 0 Å². The van der Waals surface area contributed by atoms with E-state index in [0.29, 0.717) is 0 Å². The van der Waals surface area contributed by atoms with Crippen molar-refractivity contribution >= 4 is 42.2 Å². The molecule has 0 rings (SSSR count). The lowest BCUT2D eigenvalue weighted by molar-refractivity contribution is -0.143. The summed E-state index contributed by atoms with van der Waals surface area (Å²) in [6.07, 6.45) is -1.61. The molecule has 0 aliphatic heterocycles. The fourth-order valence-corrected chi connectivity index (χ4v) is 2.53. The lowest BCUT2D eigenvalue weighted by atomic mass is 10.0. The maximum absolute atomic E-state index is 12.6. The summed E-state index contributed by atoms with van der Waals surface area (Å²) < 4.78 is 0. The molecular weight excluding hydrogens is 418 g/mol. The second kappa shape index (κ2) is 13.0. The van der Waals surface area contributed by atoms with Crippen molar-refractivity contribution in [2.24, 2.45) is 17.4 Å². The summed E-state index contributed by atoms with van der Waals surface area (Å²) in [6.45, 7) is 4.50. The van der Waals surface area contributed by atoms with Crippen LogP contribution in [0.2, 0.25) is 0 Å². The number of hydrogen-bond donors (Lipinski definition) is 8. The van der Waals surface area contributed by atoms with Crippen LogP contribution in [0, 0.1) is 5.92 Å². The first kappa shape index (κ1) is 27.6. The van der Waals surface area contributed by atoms with Crippen molar-refractivity contribution in [2.45, 2.75) is 63.9 Å². The van der Waals surface area contributed by atoms with E-state index in [9.17, 15) is 34.2 Å². The summed E-state index contributed by atoms with van der Waals surface area (Å²) in [5.41, 5.74) is 10.6. The third-order valence-corrected chi connectivity index (χ3v) is 4.55. The van der Waals surface area contributed by atoms with Crippen molar-refractivity contribution < 1.29 is 34.2 Å². The van der Waals surface area contributed by atoms with E-state index in [0.717, 1.165) is 0 Å². The summed E-state index contributed by atoms with van der Waals surface area (Å²) >= 11 is 4.00. The Morgan fingerprint density at radius 3 is 1.83 bits per heavy atom. The average Bonchev–Trinajstić information content (AvgIpc) is 2.65. The molecule has 30 heavy (non-hydrogen) atoms. The van der Waals surface area contributed by atoms with Crippen LogP contribution in [0.3, 0.4) is 0 Å². The van der Waals surface area contributed by atoms with E-state index in [1.807, 2.05) is 0 Å². The Labute approximate surface area is 179 Å². The third kappa shape index (κ3) is 9.41. The normalized spacial score (nSPS) is 16.0. The van der Waals surface area contributed by atoms with E-state index < -0.39 is 65.8 Å². The molecule has 0 fully saturated rings. The number of aliphatic carboxylic acids is 1. The van der Waals surface area contributed by atoms with Gasteiger partial charge in [0.25, 0.3) is 0 Å². The van der Waals surface area contributed by atoms with Crippen LogP contribution in [0.1, 0.15) is 33.6 Å². The summed E-state index contributed by atoms with van der Waals surface area (Å²) in [6, 6.07) is -4.98. The molecule has 13 heteroatoms. The third-order valence-electron chi connectivity index (χ3n) is 4.18. The number of primary amides is 1. The maximum Gasteiger partial charge on any atom is 0.326 e. The standard InChI is InChI=1S/C17H31N5O7S/c1-7(2)13(17(28)29)22-15(26)10(6-30)21-14(25)9(4-5-11(18)24)20-16(27)12(19)8(3)23/h7-10,12-13,23,30H,4-6,19H2,1-3H3,(H2,18,24)(H,20,27)(H,21,25)(H,22,26)(H,28,29). The smallest absolute Gasteiger partial charge is 0.326 e. The second-order valence-electron chi connectivity index (χ2n) is 7.14. The number of carbonyl (C=O) groups is 5. The van der Waals surface area contributed by atoms with Crippen molar-refractivity contribution in [1.82, 2.24) is 16.0 Å². The minimum atomic E-state index is -1.32. The number of aliphatic hydroxyl groups is 1. The number of amides is 4. The van der Waals surface area contributed by atoms with Gasteiger partial charge in [0.1, 0.15) is 24.2 Å². The molecule has 4 amide bonds. The molecule has 9 N–H and O–H groups in total. The van der Waals surface area contributed by atoms with Crippen LogP contribution in [0.25, 0.3) is 0 Å². The molecule has 5 unspecified atom stereocenters. The number of carboxylic acid groups (broad SMARTS) is 1. The predicted molar refractivity (Wildman–Crippen MR) is 110 cm³/mol. The molecule has 0 aliphatic rings. The van der Waals surface area contributed by atoms with E-state index in [1.165, 1.54) is 6.92 Å². The Balaban J connectivity index is 5.30. The molecule has 0 aromatic carbocycles. The van der Waals surface area contributed by atoms with E-state index in [-0.39, 0.29) is 18.6 Å². The Morgan fingerprint density at radius 2 is 1.43 bits per heavy atom. The van der Waals surface area contributed by atoms with Crippen LogP contribution < -0.4 is 27.4 Å². The summed E-state index contributed by atoms with van der Waals surface area (Å²) in [7, 11) is 0. The van der Waals surface area contributed by atoms with Gasteiger partial charge in [-0.3, -0.25) is 19.2 Å². The fraction of sp³-hybridized carbons (Fsp3) is 0.706. The van der Waals surface area contributed by atoms with E-state index in [4.69, 9.17) is 11.5 Å². The topological polar surface area (TPSA) is 214 Å². The Hall–Kier alpha value is -2.38. The highest BCUT2D eigenvalue weighted by Gasteiger charge is 2.31. The highest BCUT2D eigenvalue weighted by atomic mass is 32.1. The van der Waals surface area contributed by atoms with Crippen LogP contribution in [0.4, 0.5) is 0 Å². The molecule has 0 radical (unpaired) electrons. The lowest BCUT2D eigenvalue weighted by Gasteiger charge is -2.25. The maximum atomic E-state index is 12.6. The number of carbonyl (C=O) groups excluding carboxylic acids is 4. The van der Waals surface area contributed by atoms with Gasteiger partial charge in [-0.05, 0) is 19.3 Å². The Morgan fingerprint density at radius 1 is 0.933 bits per heavy atom. The molecule has 0 aliphatic carbocycles. The SMILES string of the molecule is CC(C)C(NC(=O)C(CS)NC(=O)C(CCC(N)=O)NC(=O)C(N)C(C)O)C(=O)O. The second-order valence-corrected chi connectivity index (χ2v) is 7.51. The highest BCUT2D eigenvalue weighted by Crippen LogP contribution is 2.04. The average molecular weight is 450 g/mol. The molecule has 0 bridgehead atoms. The summed E-state index contributed by atoms with van der Waals surface area (Å²) in [4.78, 5) is 59.4. The zero-order valence-corrected chi connectivity index (χ0v) is 18.0. The van der Waals surface area contributed by atoms with Gasteiger partial charge in [-0.15, -0.1) is 0 Å². The van der Waals surface area contributed by atoms with Gasteiger partial charge in [0.2, 0.25) is 23.6 Å². The van der Waals surface area contributed by atoms with Crippen LogP contribution >= 0.6 is 12.6 Å². The first-order valence-corrected chi connectivity index (χ1v) is 9.91. The zero-order valence-electron chi connectivity index (χ0n) is 17.1. The van der Waals surface area contributed by atoms with Gasteiger partial charge in [0, 0.05) is 12.2 Å². The molecule has 0 spiro atoms. The molecular formula is C17H31N5O7S. The Bertz CT molecular complexity index is 644. The minimum Gasteiger partial charge on any atom is -0.480 e. The molecule has 0 heterocycles. The number of thiol groups is 1. The highest BCUT2D eigenvalue weighted by molar-refractivity contribution is 7.80. The molecule has 0 saturated carbocycles. The number of carboxylic acids is 1. The van der Waals surface area contributed by atoms with Crippen LogP contribution in [-0.2, 0) is 24.0 Å². The van der Waals surface area contributed by atoms with Crippen LogP contribution in [0.15, 0.2) is 0 Å². The van der Waals surface area contributed by atoms with Gasteiger partial charge in [-0.1, -0.05) is 13.8 Å².